The van der Waals surface area contributed by atoms with E-state index in [-0.39, 0.29) is 17.3 Å². The van der Waals surface area contributed by atoms with Gasteiger partial charge >= 0.3 is 12.3 Å². The Morgan fingerprint density at radius 1 is 1.25 bits per heavy atom. The number of hydroxylamine groups is 1. The molecule has 10 heteroatoms. The molecule has 1 aliphatic carbocycles. The summed E-state index contributed by atoms with van der Waals surface area (Å²) < 4.78 is 46.7. The van der Waals surface area contributed by atoms with Gasteiger partial charge in [0.15, 0.2) is 0 Å². The number of fused-ring (bicyclic) bond motifs is 2. The predicted molar refractivity (Wildman–Crippen MR) is 87.3 cm³/mol. The quantitative estimate of drug-likeness (QED) is 0.823. The van der Waals surface area contributed by atoms with Crippen LogP contribution in [0.4, 0.5) is 13.2 Å². The van der Waals surface area contributed by atoms with Gasteiger partial charge in [-0.3, -0.25) is 4.84 Å². The third-order valence-electron chi connectivity index (χ3n) is 4.41. The van der Waals surface area contributed by atoms with Crippen molar-refractivity contribution >= 4 is 5.97 Å². The monoisotopic (exact) mass is 394 g/mol. The molecule has 4 rings (SSSR count). The normalized spacial score (nSPS) is 20.5. The fourth-order valence-electron chi connectivity index (χ4n) is 3.25. The van der Waals surface area contributed by atoms with E-state index in [0.29, 0.717) is 29.7 Å². The number of ether oxygens (including phenoxy) is 2. The van der Waals surface area contributed by atoms with E-state index in [1.54, 1.807) is 6.08 Å². The summed E-state index contributed by atoms with van der Waals surface area (Å²) in [6.45, 7) is 0. The second kappa shape index (κ2) is 6.41. The van der Waals surface area contributed by atoms with Crippen LogP contribution in [-0.2, 0) is 16.9 Å². The van der Waals surface area contributed by atoms with E-state index in [0.717, 1.165) is 0 Å². The first-order valence-electron chi connectivity index (χ1n) is 8.17. The molecular formula is C18H13F3N2O5. The number of aryl methyl sites for hydroxylation is 1. The lowest BCUT2D eigenvalue weighted by Crippen LogP contribution is -2.24. The summed E-state index contributed by atoms with van der Waals surface area (Å²) in [6, 6.07) is 6.88. The first kappa shape index (κ1) is 18.1. The number of alkyl halides is 3. The summed E-state index contributed by atoms with van der Waals surface area (Å²) in [5, 5.41) is 8.86. The van der Waals surface area contributed by atoms with E-state index in [4.69, 9.17) is 14.7 Å². The van der Waals surface area contributed by atoms with Crippen molar-refractivity contribution in [2.75, 3.05) is 0 Å². The van der Waals surface area contributed by atoms with Gasteiger partial charge in [-0.2, -0.15) is 0 Å². The smallest absolute Gasteiger partial charge is 0.477 e. The second-order valence-electron chi connectivity index (χ2n) is 6.26. The van der Waals surface area contributed by atoms with Gasteiger partial charge in [-0.25, -0.2) is 15.3 Å². The van der Waals surface area contributed by atoms with Gasteiger partial charge in [-0.15, -0.1) is 13.2 Å². The largest absolute Gasteiger partial charge is 0.573 e. The van der Waals surface area contributed by atoms with E-state index in [2.05, 4.69) is 15.2 Å². The summed E-state index contributed by atoms with van der Waals surface area (Å²) in [4.78, 5) is 20.3. The van der Waals surface area contributed by atoms with Gasteiger partial charge in [0.05, 0.1) is 6.20 Å². The second-order valence-corrected chi connectivity index (χ2v) is 6.26. The first-order valence-corrected chi connectivity index (χ1v) is 8.17. The van der Waals surface area contributed by atoms with Crippen LogP contribution in [-0.4, -0.2) is 22.4 Å². The van der Waals surface area contributed by atoms with Crippen LogP contribution in [0, 0.1) is 0 Å². The Bertz CT molecular complexity index is 959. The van der Waals surface area contributed by atoms with Crippen LogP contribution in [0.2, 0.25) is 0 Å². The molecule has 0 saturated carbocycles. The van der Waals surface area contributed by atoms with E-state index < -0.39 is 17.9 Å². The minimum atomic E-state index is -4.75. The number of aromatic carboxylic acids is 1. The van der Waals surface area contributed by atoms with Gasteiger partial charge in [0.1, 0.15) is 22.8 Å². The topological polar surface area (TPSA) is 89.9 Å². The molecule has 1 spiro atoms. The lowest BCUT2D eigenvalue weighted by atomic mass is 9.96. The van der Waals surface area contributed by atoms with E-state index >= 15 is 0 Å². The van der Waals surface area contributed by atoms with E-state index in [1.807, 2.05) is 0 Å². The molecule has 1 atom stereocenters. The molecule has 2 N–H and O–H groups in total. The van der Waals surface area contributed by atoms with Gasteiger partial charge in [0.25, 0.3) is 0 Å². The molecule has 146 valence electrons. The molecule has 1 unspecified atom stereocenters. The van der Waals surface area contributed by atoms with E-state index in [9.17, 15) is 18.0 Å². The number of pyridine rings is 1. The first-order chi connectivity index (χ1) is 13.2. The minimum Gasteiger partial charge on any atom is -0.477 e. The Balaban J connectivity index is 1.53. The molecule has 1 aromatic carbocycles. The van der Waals surface area contributed by atoms with Crippen molar-refractivity contribution in [2.45, 2.75) is 24.8 Å². The number of benzene rings is 1. The molecule has 0 amide bonds. The molecule has 0 fully saturated rings. The van der Waals surface area contributed by atoms with Crippen LogP contribution < -0.4 is 15.0 Å². The van der Waals surface area contributed by atoms with Crippen LogP contribution >= 0.6 is 0 Å². The van der Waals surface area contributed by atoms with Crippen molar-refractivity contribution in [3.05, 3.63) is 65.3 Å². The summed E-state index contributed by atoms with van der Waals surface area (Å²) in [6.07, 6.45) is -0.784. The maximum Gasteiger partial charge on any atom is 0.573 e. The molecule has 2 aliphatic rings. The molecule has 2 aromatic rings. The van der Waals surface area contributed by atoms with Gasteiger partial charge in [0, 0.05) is 6.08 Å². The SMILES string of the molecule is O=C(O)c1ccc(OC2=CC3(CCc4cc(OC(F)(F)F)ccc43)ON2)cn1. The Morgan fingerprint density at radius 3 is 2.71 bits per heavy atom. The molecule has 28 heavy (non-hydrogen) atoms. The number of carbonyl (C=O) groups is 1. The molecule has 0 bridgehead atoms. The Labute approximate surface area is 156 Å². The van der Waals surface area contributed by atoms with Gasteiger partial charge < -0.3 is 14.6 Å². The average Bonchev–Trinajstić information content (AvgIpc) is 3.18. The molecule has 0 saturated heterocycles. The van der Waals surface area contributed by atoms with Crippen molar-refractivity contribution in [3.8, 4) is 11.5 Å². The van der Waals surface area contributed by atoms with Gasteiger partial charge in [-0.05, 0) is 48.2 Å². The number of carboxylic acid groups (broad SMARTS) is 1. The third-order valence-corrected chi connectivity index (χ3v) is 4.41. The Morgan fingerprint density at radius 2 is 2.04 bits per heavy atom. The van der Waals surface area contributed by atoms with Crippen LogP contribution in [0.25, 0.3) is 0 Å². The highest BCUT2D eigenvalue weighted by molar-refractivity contribution is 5.85. The number of halogens is 3. The van der Waals surface area contributed by atoms with E-state index in [1.165, 1.54) is 36.5 Å². The fourth-order valence-corrected chi connectivity index (χ4v) is 3.25. The maximum absolute atomic E-state index is 12.4. The maximum atomic E-state index is 12.4. The highest BCUT2D eigenvalue weighted by Crippen LogP contribution is 2.45. The molecule has 1 aliphatic heterocycles. The van der Waals surface area contributed by atoms with Crippen molar-refractivity contribution < 1.29 is 37.4 Å². The lowest BCUT2D eigenvalue weighted by Gasteiger charge is -2.20. The Hall–Kier alpha value is -3.27. The number of hydrogen-bond acceptors (Lipinski definition) is 6. The van der Waals surface area contributed by atoms with Crippen molar-refractivity contribution in [1.29, 1.82) is 0 Å². The molecule has 0 radical (unpaired) electrons. The number of aromatic nitrogens is 1. The standard InChI is InChI=1S/C18H13F3N2O5/c19-18(20,21)27-11-1-3-13-10(7-11)5-6-17(13)8-15(23-28-17)26-12-2-4-14(16(24)25)22-9-12/h1-4,7-9,23H,5-6H2,(H,24,25). The summed E-state index contributed by atoms with van der Waals surface area (Å²) >= 11 is 0. The van der Waals surface area contributed by atoms with Gasteiger partial charge in [0.2, 0.25) is 5.88 Å². The molecule has 1 aromatic heterocycles. The van der Waals surface area contributed by atoms with Crippen molar-refractivity contribution in [3.63, 3.8) is 0 Å². The lowest BCUT2D eigenvalue weighted by molar-refractivity contribution is -0.274. The molecule has 7 nitrogen and oxygen atoms in total. The van der Waals surface area contributed by atoms with Crippen LogP contribution in [0.1, 0.15) is 28.0 Å². The highest BCUT2D eigenvalue weighted by Gasteiger charge is 2.44. The summed E-state index contributed by atoms with van der Waals surface area (Å²) in [5.74, 6) is -0.854. The highest BCUT2D eigenvalue weighted by atomic mass is 19.4. The number of carboxylic acids is 1. The van der Waals surface area contributed by atoms with Crippen LogP contribution in [0.15, 0.2) is 48.5 Å². The van der Waals surface area contributed by atoms with Crippen molar-refractivity contribution in [2.24, 2.45) is 0 Å². The fraction of sp³-hybridized carbons (Fsp3) is 0.222. The minimum absolute atomic E-state index is 0.116. The molecule has 2 heterocycles. The van der Waals surface area contributed by atoms with Gasteiger partial charge in [-0.1, -0.05) is 6.07 Å². The zero-order valence-corrected chi connectivity index (χ0v) is 14.1. The zero-order chi connectivity index (χ0) is 19.9. The number of nitrogens with one attached hydrogen (secondary N) is 1. The summed E-state index contributed by atoms with van der Waals surface area (Å²) in [7, 11) is 0. The zero-order valence-electron chi connectivity index (χ0n) is 14.1. The number of hydrogen-bond donors (Lipinski definition) is 2. The average molecular weight is 394 g/mol. The number of nitrogens with zero attached hydrogens (tertiary/aromatic N) is 1. The third kappa shape index (κ3) is 3.46. The number of rotatable bonds is 4. The van der Waals surface area contributed by atoms with Crippen LogP contribution in [0.3, 0.4) is 0 Å². The Kier molecular flexibility index (Phi) is 4.15. The molecular weight excluding hydrogens is 381 g/mol. The van der Waals surface area contributed by atoms with Crippen molar-refractivity contribution in [1.82, 2.24) is 10.5 Å². The van der Waals surface area contributed by atoms with Crippen LogP contribution in [0.5, 0.6) is 11.5 Å². The predicted octanol–water partition coefficient (Wildman–Crippen LogP) is 3.28. The summed E-state index contributed by atoms with van der Waals surface area (Å²) in [5.41, 5.74) is 3.08.